The molecule has 0 saturated carbocycles. The van der Waals surface area contributed by atoms with Gasteiger partial charge in [-0.15, -0.1) is 0 Å². The number of fused-ring (bicyclic) bond motifs is 1. The lowest BCUT2D eigenvalue weighted by atomic mass is 9.81. The zero-order chi connectivity index (χ0) is 17.6. The van der Waals surface area contributed by atoms with E-state index >= 15 is 0 Å². The Bertz CT molecular complexity index is 653. The highest BCUT2D eigenvalue weighted by molar-refractivity contribution is 6.29. The third-order valence-electron chi connectivity index (χ3n) is 4.32. The highest BCUT2D eigenvalue weighted by Crippen LogP contribution is 2.47. The minimum absolute atomic E-state index is 0.132. The molecule has 0 saturated heterocycles. The molecule has 3 rings (SSSR count). The molecule has 0 fully saturated rings. The predicted molar refractivity (Wildman–Crippen MR) is 104 cm³/mol. The smallest absolute Gasteiger partial charge is 0.208 e. The lowest BCUT2D eigenvalue weighted by molar-refractivity contribution is 0.339. The van der Waals surface area contributed by atoms with Gasteiger partial charge in [-0.2, -0.15) is 0 Å². The number of hydrogen-bond donors (Lipinski definition) is 0. The second kappa shape index (κ2) is 8.54. The number of aromatic nitrogens is 2. The van der Waals surface area contributed by atoms with Gasteiger partial charge in [-0.3, -0.25) is 4.57 Å². The molecule has 3 heteroatoms. The second-order valence-electron chi connectivity index (χ2n) is 6.36. The molecule has 0 spiro atoms. The zero-order valence-corrected chi connectivity index (χ0v) is 16.4. The summed E-state index contributed by atoms with van der Waals surface area (Å²) < 4.78 is 2.10. The van der Waals surface area contributed by atoms with Gasteiger partial charge in [-0.1, -0.05) is 73.1 Å². The molecule has 1 aliphatic rings. The van der Waals surface area contributed by atoms with Gasteiger partial charge in [0.2, 0.25) is 5.28 Å². The third kappa shape index (κ3) is 3.98. The number of benzene rings is 1. The van der Waals surface area contributed by atoms with Gasteiger partial charge in [0.05, 0.1) is 11.0 Å². The quantitative estimate of drug-likeness (QED) is 0.546. The number of rotatable bonds is 1. The first-order valence-corrected chi connectivity index (χ1v) is 9.15. The molecule has 2 nitrogen and oxygen atoms in total. The largest absolute Gasteiger partial charge is 0.287 e. The Labute approximate surface area is 146 Å². The Kier molecular flexibility index (Phi) is 7.34. The third-order valence-corrected chi connectivity index (χ3v) is 4.57. The van der Waals surface area contributed by atoms with Crippen molar-refractivity contribution in [2.24, 2.45) is 11.3 Å². The van der Waals surface area contributed by atoms with Crippen LogP contribution in [0.15, 0.2) is 30.3 Å². The lowest BCUT2D eigenvalue weighted by Gasteiger charge is -2.29. The van der Waals surface area contributed by atoms with Crippen LogP contribution in [0.3, 0.4) is 0 Å². The van der Waals surface area contributed by atoms with Crippen molar-refractivity contribution in [2.75, 3.05) is 0 Å². The molecule has 1 aromatic carbocycles. The Morgan fingerprint density at radius 1 is 1.22 bits per heavy atom. The van der Waals surface area contributed by atoms with Crippen molar-refractivity contribution in [1.29, 1.82) is 0 Å². The van der Waals surface area contributed by atoms with Crippen LogP contribution < -0.4 is 0 Å². The highest BCUT2D eigenvalue weighted by atomic mass is 35.5. The first kappa shape index (κ1) is 19.8. The summed E-state index contributed by atoms with van der Waals surface area (Å²) in [5.41, 5.74) is 3.45. The fourth-order valence-corrected chi connectivity index (χ4v) is 2.98. The van der Waals surface area contributed by atoms with Crippen LogP contribution in [-0.4, -0.2) is 9.55 Å². The standard InChI is InChI=1S/C15H17ClN2.C3H8.C2H6/c1-10-8-9-13(15(10,2)3)18-12-7-5-4-6-11(12)17-14(18)16;1-3-2;1-2/h4-7,9-10H,8H2,1-3H3;3H2,1-2H3;1-2H3. The summed E-state index contributed by atoms with van der Waals surface area (Å²) in [6, 6.07) is 8.10. The van der Waals surface area contributed by atoms with E-state index in [-0.39, 0.29) is 5.41 Å². The maximum absolute atomic E-state index is 6.33. The van der Waals surface area contributed by atoms with Gasteiger partial charge < -0.3 is 0 Å². The van der Waals surface area contributed by atoms with E-state index in [0.717, 1.165) is 17.5 Å². The maximum atomic E-state index is 6.33. The van der Waals surface area contributed by atoms with E-state index in [1.165, 1.54) is 12.1 Å². The maximum Gasteiger partial charge on any atom is 0.208 e. The summed E-state index contributed by atoms with van der Waals surface area (Å²) in [5, 5.41) is 0.560. The number of allylic oxidation sites excluding steroid dienone is 2. The number of para-hydroxylation sites is 2. The first-order valence-electron chi connectivity index (χ1n) is 8.77. The van der Waals surface area contributed by atoms with Gasteiger partial charge >= 0.3 is 0 Å². The average molecular weight is 335 g/mol. The van der Waals surface area contributed by atoms with Gasteiger partial charge in [-0.05, 0) is 36.1 Å². The Morgan fingerprint density at radius 3 is 2.30 bits per heavy atom. The van der Waals surface area contributed by atoms with Crippen molar-refractivity contribution < 1.29 is 0 Å². The van der Waals surface area contributed by atoms with Gasteiger partial charge in [0, 0.05) is 11.1 Å². The van der Waals surface area contributed by atoms with Crippen molar-refractivity contribution in [2.45, 2.75) is 61.3 Å². The van der Waals surface area contributed by atoms with Crippen molar-refractivity contribution >= 4 is 28.3 Å². The van der Waals surface area contributed by atoms with Crippen LogP contribution in [0.2, 0.25) is 5.28 Å². The van der Waals surface area contributed by atoms with E-state index in [2.05, 4.69) is 56.3 Å². The minimum atomic E-state index is 0.132. The predicted octanol–water partition coefficient (Wildman–Crippen LogP) is 7.04. The van der Waals surface area contributed by atoms with Crippen molar-refractivity contribution in [3.63, 3.8) is 0 Å². The van der Waals surface area contributed by atoms with Gasteiger partial charge in [0.15, 0.2) is 0 Å². The molecule has 1 aliphatic carbocycles. The van der Waals surface area contributed by atoms with Crippen molar-refractivity contribution in [3.8, 4) is 0 Å². The molecule has 0 aliphatic heterocycles. The molecule has 128 valence electrons. The molecule has 1 unspecified atom stereocenters. The van der Waals surface area contributed by atoms with Gasteiger partial charge in [-0.25, -0.2) is 4.98 Å². The second-order valence-corrected chi connectivity index (χ2v) is 6.70. The fourth-order valence-electron chi connectivity index (χ4n) is 2.70. The molecule has 2 aromatic rings. The van der Waals surface area contributed by atoms with E-state index in [0.29, 0.717) is 11.2 Å². The summed E-state index contributed by atoms with van der Waals surface area (Å²) in [6.07, 6.45) is 4.65. The molecule has 0 radical (unpaired) electrons. The number of nitrogens with zero attached hydrogens (tertiary/aromatic N) is 2. The van der Waals surface area contributed by atoms with Crippen molar-refractivity contribution in [1.82, 2.24) is 9.55 Å². The van der Waals surface area contributed by atoms with Gasteiger partial charge in [0.25, 0.3) is 0 Å². The van der Waals surface area contributed by atoms with E-state index in [1.54, 1.807) is 0 Å². The Balaban J connectivity index is 0.000000477. The summed E-state index contributed by atoms with van der Waals surface area (Å²) in [6.45, 7) is 15.1. The molecular formula is C20H31ClN2. The van der Waals surface area contributed by atoms with Crippen LogP contribution >= 0.6 is 11.6 Å². The summed E-state index contributed by atoms with van der Waals surface area (Å²) in [4.78, 5) is 4.44. The molecule has 0 bridgehead atoms. The van der Waals surface area contributed by atoms with Gasteiger partial charge in [0.1, 0.15) is 0 Å². The average Bonchev–Trinajstić information content (AvgIpc) is 2.98. The molecule has 0 N–H and O–H groups in total. The summed E-state index contributed by atoms with van der Waals surface area (Å²) in [5.74, 6) is 0.629. The van der Waals surface area contributed by atoms with Crippen LogP contribution in [-0.2, 0) is 0 Å². The molecule has 23 heavy (non-hydrogen) atoms. The molecular weight excluding hydrogens is 304 g/mol. The highest BCUT2D eigenvalue weighted by Gasteiger charge is 2.36. The van der Waals surface area contributed by atoms with Crippen LogP contribution in [0.25, 0.3) is 16.7 Å². The van der Waals surface area contributed by atoms with E-state index in [1.807, 2.05) is 32.0 Å². The van der Waals surface area contributed by atoms with E-state index in [4.69, 9.17) is 11.6 Å². The number of imidazole rings is 1. The topological polar surface area (TPSA) is 17.8 Å². The fraction of sp³-hybridized carbons (Fsp3) is 0.550. The molecule has 1 heterocycles. The zero-order valence-electron chi connectivity index (χ0n) is 15.7. The molecule has 0 amide bonds. The number of halogens is 1. The van der Waals surface area contributed by atoms with Crippen molar-refractivity contribution in [3.05, 3.63) is 35.6 Å². The van der Waals surface area contributed by atoms with Crippen LogP contribution in [0, 0.1) is 11.3 Å². The van der Waals surface area contributed by atoms with Crippen LogP contribution in [0.4, 0.5) is 0 Å². The molecule has 1 atom stereocenters. The Morgan fingerprint density at radius 2 is 1.78 bits per heavy atom. The minimum Gasteiger partial charge on any atom is -0.287 e. The lowest BCUT2D eigenvalue weighted by Crippen LogP contribution is -2.21. The van der Waals surface area contributed by atoms with E-state index < -0.39 is 0 Å². The normalized spacial score (nSPS) is 18.6. The van der Waals surface area contributed by atoms with Crippen LogP contribution in [0.1, 0.15) is 61.3 Å². The SMILES string of the molecule is CC.CC1CC=C(n2c(Cl)nc3ccccc32)C1(C)C.CCC. The summed E-state index contributed by atoms with van der Waals surface area (Å²) in [7, 11) is 0. The van der Waals surface area contributed by atoms with E-state index in [9.17, 15) is 0 Å². The van der Waals surface area contributed by atoms with Crippen LogP contribution in [0.5, 0.6) is 0 Å². The monoisotopic (exact) mass is 334 g/mol. The first-order chi connectivity index (χ1) is 10.9. The molecule has 1 aromatic heterocycles. The summed E-state index contributed by atoms with van der Waals surface area (Å²) >= 11 is 6.33. The Hall–Kier alpha value is -1.28. The number of hydrogen-bond acceptors (Lipinski definition) is 1.